The molecule has 1 amide bonds. The van der Waals surface area contributed by atoms with Crippen molar-refractivity contribution in [2.45, 2.75) is 32.7 Å². The van der Waals surface area contributed by atoms with Gasteiger partial charge in [0.2, 0.25) is 5.91 Å². The smallest absolute Gasteiger partial charge is 0.244 e. The average molecular weight is 409 g/mol. The lowest BCUT2D eigenvalue weighted by Gasteiger charge is -2.32. The first kappa shape index (κ1) is 21.8. The van der Waals surface area contributed by atoms with Crippen LogP contribution in [0.4, 0.5) is 15.8 Å². The highest BCUT2D eigenvalue weighted by Gasteiger charge is 2.28. The van der Waals surface area contributed by atoms with Crippen LogP contribution in [0.1, 0.15) is 25.3 Å². The number of aryl methyl sites for hydroxylation is 1. The second-order valence-corrected chi connectivity index (χ2v) is 7.76. The molecule has 0 aromatic heterocycles. The quantitative estimate of drug-likeness (QED) is 0.725. The number of anilines is 2. The maximum Gasteiger partial charge on any atom is 0.244 e. The lowest BCUT2D eigenvalue weighted by atomic mass is 10.1. The number of carbonyl (C=O) groups excluding carboxylic acids is 1. The zero-order valence-electron chi connectivity index (χ0n) is 17.7. The minimum Gasteiger partial charge on any atom is -0.370 e. The summed E-state index contributed by atoms with van der Waals surface area (Å²) >= 11 is 0. The number of rotatable bonds is 6. The van der Waals surface area contributed by atoms with E-state index in [9.17, 15) is 9.18 Å². The Morgan fingerprint density at radius 3 is 2.47 bits per heavy atom. The van der Waals surface area contributed by atoms with Gasteiger partial charge in [-0.15, -0.1) is 0 Å². The summed E-state index contributed by atoms with van der Waals surface area (Å²) in [5.41, 5.74) is 2.97. The van der Waals surface area contributed by atoms with E-state index in [-0.39, 0.29) is 17.8 Å². The highest BCUT2D eigenvalue weighted by atomic mass is 19.1. The second kappa shape index (κ2) is 10.2. The van der Waals surface area contributed by atoms with Gasteiger partial charge in [0.25, 0.3) is 0 Å². The van der Waals surface area contributed by atoms with Crippen molar-refractivity contribution in [1.82, 2.24) is 4.90 Å². The zero-order chi connectivity index (χ0) is 21.5. The molecular formula is C24H29FN4O. The van der Waals surface area contributed by atoms with Crippen molar-refractivity contribution in [1.29, 1.82) is 5.26 Å². The molecule has 2 aromatic carbocycles. The highest BCUT2D eigenvalue weighted by Crippen LogP contribution is 2.21. The standard InChI is InChI=1S/C24H29FN4O/c1-19-5-9-23(10-6-19)29(16-3-13-26)24(30)20(2)27-14-4-15-28(18-17-27)22-11-7-21(25)8-12-22/h5-12,20H,3-4,14-18H2,1-2H3. The SMILES string of the molecule is Cc1ccc(N(CCC#N)C(=O)C(C)N2CCCN(c3ccc(F)cc3)CC2)cc1. The van der Waals surface area contributed by atoms with Gasteiger partial charge in [-0.05, 0) is 56.7 Å². The van der Waals surface area contributed by atoms with Crippen LogP contribution in [0.2, 0.25) is 0 Å². The van der Waals surface area contributed by atoms with E-state index < -0.39 is 0 Å². The van der Waals surface area contributed by atoms with Crippen LogP contribution in [-0.2, 0) is 4.79 Å². The lowest BCUT2D eigenvalue weighted by molar-refractivity contribution is -0.123. The summed E-state index contributed by atoms with van der Waals surface area (Å²) < 4.78 is 13.2. The molecule has 2 aromatic rings. The number of hydrogen-bond donors (Lipinski definition) is 0. The molecule has 0 N–H and O–H groups in total. The van der Waals surface area contributed by atoms with Crippen LogP contribution in [0.15, 0.2) is 48.5 Å². The molecule has 1 unspecified atom stereocenters. The summed E-state index contributed by atoms with van der Waals surface area (Å²) in [5, 5.41) is 9.04. The van der Waals surface area contributed by atoms with Gasteiger partial charge in [-0.2, -0.15) is 5.26 Å². The van der Waals surface area contributed by atoms with Gasteiger partial charge in [0, 0.05) is 44.1 Å². The third-order valence-electron chi connectivity index (χ3n) is 5.69. The zero-order valence-corrected chi connectivity index (χ0v) is 17.7. The number of carbonyl (C=O) groups is 1. The molecule has 5 nitrogen and oxygen atoms in total. The van der Waals surface area contributed by atoms with E-state index in [1.54, 1.807) is 17.0 Å². The minimum atomic E-state index is -0.279. The van der Waals surface area contributed by atoms with E-state index in [1.807, 2.05) is 38.1 Å². The van der Waals surface area contributed by atoms with Crippen LogP contribution in [-0.4, -0.2) is 49.6 Å². The summed E-state index contributed by atoms with van der Waals surface area (Å²) in [7, 11) is 0. The molecule has 1 aliphatic heterocycles. The van der Waals surface area contributed by atoms with Crippen molar-refractivity contribution in [3.8, 4) is 6.07 Å². The fraction of sp³-hybridized carbons (Fsp3) is 0.417. The molecule has 1 aliphatic rings. The minimum absolute atomic E-state index is 0.0179. The number of benzene rings is 2. The van der Waals surface area contributed by atoms with Crippen molar-refractivity contribution in [2.24, 2.45) is 0 Å². The van der Waals surface area contributed by atoms with Crippen LogP contribution >= 0.6 is 0 Å². The van der Waals surface area contributed by atoms with Crippen molar-refractivity contribution in [3.63, 3.8) is 0 Å². The second-order valence-electron chi connectivity index (χ2n) is 7.76. The molecule has 3 rings (SSSR count). The molecule has 0 spiro atoms. The monoisotopic (exact) mass is 408 g/mol. The Labute approximate surface area is 178 Å². The van der Waals surface area contributed by atoms with Crippen molar-refractivity contribution >= 4 is 17.3 Å². The molecule has 1 saturated heterocycles. The number of amides is 1. The fourth-order valence-corrected chi connectivity index (χ4v) is 3.87. The summed E-state index contributed by atoms with van der Waals surface area (Å²) in [6.07, 6.45) is 1.22. The Hall–Kier alpha value is -2.91. The van der Waals surface area contributed by atoms with E-state index >= 15 is 0 Å². The van der Waals surface area contributed by atoms with Gasteiger partial charge in [-0.3, -0.25) is 9.69 Å². The molecule has 1 fully saturated rings. The van der Waals surface area contributed by atoms with Crippen molar-refractivity contribution in [2.75, 3.05) is 42.5 Å². The van der Waals surface area contributed by atoms with Crippen LogP contribution in [0.3, 0.4) is 0 Å². The maximum absolute atomic E-state index is 13.4. The Balaban J connectivity index is 1.69. The third kappa shape index (κ3) is 5.37. The van der Waals surface area contributed by atoms with E-state index in [1.165, 1.54) is 12.1 Å². The Bertz CT molecular complexity index is 876. The van der Waals surface area contributed by atoms with E-state index in [2.05, 4.69) is 15.9 Å². The molecule has 0 saturated carbocycles. The number of nitriles is 1. The first-order chi connectivity index (χ1) is 14.5. The molecule has 1 heterocycles. The maximum atomic E-state index is 13.4. The Morgan fingerprint density at radius 2 is 1.80 bits per heavy atom. The first-order valence-electron chi connectivity index (χ1n) is 10.5. The van der Waals surface area contributed by atoms with Gasteiger partial charge in [0.05, 0.1) is 18.5 Å². The molecule has 0 bridgehead atoms. The van der Waals surface area contributed by atoms with Gasteiger partial charge < -0.3 is 9.80 Å². The molecule has 6 heteroatoms. The Morgan fingerprint density at radius 1 is 1.10 bits per heavy atom. The van der Waals surface area contributed by atoms with E-state index in [0.29, 0.717) is 13.0 Å². The third-order valence-corrected chi connectivity index (χ3v) is 5.69. The summed E-state index contributed by atoms with van der Waals surface area (Å²) in [6.45, 7) is 7.58. The fourth-order valence-electron chi connectivity index (χ4n) is 3.87. The summed E-state index contributed by atoms with van der Waals surface area (Å²) in [6, 6.07) is 16.3. The molecule has 0 radical (unpaired) electrons. The highest BCUT2D eigenvalue weighted by molar-refractivity contribution is 5.97. The molecule has 1 atom stereocenters. The van der Waals surface area contributed by atoms with Crippen molar-refractivity contribution in [3.05, 3.63) is 59.9 Å². The molecule has 158 valence electrons. The number of hydrogen-bond acceptors (Lipinski definition) is 4. The summed E-state index contributed by atoms with van der Waals surface area (Å²) in [4.78, 5) is 19.5. The Kier molecular flexibility index (Phi) is 7.42. The van der Waals surface area contributed by atoms with Gasteiger partial charge >= 0.3 is 0 Å². The molecule has 30 heavy (non-hydrogen) atoms. The van der Waals surface area contributed by atoms with Crippen LogP contribution < -0.4 is 9.80 Å². The van der Waals surface area contributed by atoms with Gasteiger partial charge in [0.1, 0.15) is 5.82 Å². The van der Waals surface area contributed by atoms with Gasteiger partial charge in [0.15, 0.2) is 0 Å². The normalized spacial score (nSPS) is 15.9. The predicted molar refractivity (Wildman–Crippen MR) is 118 cm³/mol. The van der Waals surface area contributed by atoms with Crippen LogP contribution in [0.25, 0.3) is 0 Å². The largest absolute Gasteiger partial charge is 0.370 e. The number of nitrogens with zero attached hydrogens (tertiary/aromatic N) is 4. The average Bonchev–Trinajstić information content (AvgIpc) is 3.01. The van der Waals surface area contributed by atoms with Crippen LogP contribution in [0.5, 0.6) is 0 Å². The lowest BCUT2D eigenvalue weighted by Crippen LogP contribution is -2.48. The summed E-state index contributed by atoms with van der Waals surface area (Å²) in [5.74, 6) is -0.215. The van der Waals surface area contributed by atoms with Gasteiger partial charge in [-0.25, -0.2) is 4.39 Å². The van der Waals surface area contributed by atoms with E-state index in [4.69, 9.17) is 5.26 Å². The molecular weight excluding hydrogens is 379 g/mol. The van der Waals surface area contributed by atoms with E-state index in [0.717, 1.165) is 49.5 Å². The van der Waals surface area contributed by atoms with Crippen LogP contribution in [0, 0.1) is 24.1 Å². The molecule has 0 aliphatic carbocycles. The van der Waals surface area contributed by atoms with Gasteiger partial charge in [-0.1, -0.05) is 17.7 Å². The van der Waals surface area contributed by atoms with Crippen molar-refractivity contribution < 1.29 is 9.18 Å². The predicted octanol–water partition coefficient (Wildman–Crippen LogP) is 3.98. The number of halogens is 1. The topological polar surface area (TPSA) is 50.6 Å². The first-order valence-corrected chi connectivity index (χ1v) is 10.5.